The van der Waals surface area contributed by atoms with E-state index in [0.29, 0.717) is 5.02 Å². The summed E-state index contributed by atoms with van der Waals surface area (Å²) in [5.41, 5.74) is 4.19. The number of aromatic amines is 1. The molecular weight excluding hydrogens is 282 g/mol. The van der Waals surface area contributed by atoms with Gasteiger partial charge < -0.3 is 9.88 Å². The van der Waals surface area contributed by atoms with Crippen LogP contribution in [0.25, 0.3) is 23.2 Å². The Labute approximate surface area is 128 Å². The van der Waals surface area contributed by atoms with Gasteiger partial charge in [-0.05, 0) is 42.0 Å². The average molecular weight is 298 g/mol. The number of halogens is 1. The third-order valence-corrected chi connectivity index (χ3v) is 3.54. The molecule has 1 aromatic heterocycles. The average Bonchev–Trinajstić information content (AvgIpc) is 2.87. The highest BCUT2D eigenvalue weighted by molar-refractivity contribution is 6.31. The Balaban J connectivity index is 1.83. The van der Waals surface area contributed by atoms with Gasteiger partial charge in [-0.25, -0.2) is 4.98 Å². The van der Waals surface area contributed by atoms with E-state index >= 15 is 0 Å². The van der Waals surface area contributed by atoms with Crippen LogP contribution >= 0.6 is 11.6 Å². The summed E-state index contributed by atoms with van der Waals surface area (Å²) in [6.45, 7) is 0. The van der Waals surface area contributed by atoms with E-state index in [4.69, 9.17) is 11.6 Å². The molecule has 0 aliphatic carbocycles. The van der Waals surface area contributed by atoms with Gasteiger partial charge in [0.25, 0.3) is 0 Å². The predicted octanol–water partition coefficient (Wildman–Crippen LogP) is 4.45. The molecule has 0 saturated carbocycles. The molecule has 0 amide bonds. The Kier molecular flexibility index (Phi) is 3.67. The molecule has 0 fully saturated rings. The molecule has 0 unspecified atom stereocenters. The molecule has 4 heteroatoms. The molecule has 0 atom stereocenters. The second-order valence-electron chi connectivity index (χ2n) is 5.10. The Morgan fingerprint density at radius 1 is 1.05 bits per heavy atom. The van der Waals surface area contributed by atoms with Crippen molar-refractivity contribution >= 4 is 40.5 Å². The van der Waals surface area contributed by atoms with Gasteiger partial charge in [-0.3, -0.25) is 0 Å². The first kappa shape index (κ1) is 13.7. The molecular formula is C17H16ClN3. The summed E-state index contributed by atoms with van der Waals surface area (Å²) in [6.07, 6.45) is 4.01. The summed E-state index contributed by atoms with van der Waals surface area (Å²) in [6, 6.07) is 14.0. The van der Waals surface area contributed by atoms with Crippen molar-refractivity contribution in [2.24, 2.45) is 0 Å². The lowest BCUT2D eigenvalue weighted by molar-refractivity contribution is 1.13. The van der Waals surface area contributed by atoms with Crippen molar-refractivity contribution in [3.63, 3.8) is 0 Å². The maximum atomic E-state index is 5.97. The largest absolute Gasteiger partial charge is 0.378 e. The first-order valence-electron chi connectivity index (χ1n) is 6.72. The Bertz CT molecular complexity index is 785. The third kappa shape index (κ3) is 3.09. The van der Waals surface area contributed by atoms with Crippen LogP contribution in [0.2, 0.25) is 5.02 Å². The maximum Gasteiger partial charge on any atom is 0.131 e. The molecule has 0 bridgehead atoms. The zero-order valence-corrected chi connectivity index (χ0v) is 12.7. The first-order chi connectivity index (χ1) is 10.1. The van der Waals surface area contributed by atoms with E-state index in [9.17, 15) is 0 Å². The highest BCUT2D eigenvalue weighted by atomic mass is 35.5. The van der Waals surface area contributed by atoms with Crippen molar-refractivity contribution in [3.05, 3.63) is 58.9 Å². The van der Waals surface area contributed by atoms with Crippen molar-refractivity contribution in [2.75, 3.05) is 19.0 Å². The zero-order chi connectivity index (χ0) is 14.8. The number of imidazole rings is 1. The number of aromatic nitrogens is 2. The fourth-order valence-electron chi connectivity index (χ4n) is 2.14. The topological polar surface area (TPSA) is 31.9 Å². The second-order valence-corrected chi connectivity index (χ2v) is 5.54. The monoisotopic (exact) mass is 297 g/mol. The van der Waals surface area contributed by atoms with E-state index in [2.05, 4.69) is 39.1 Å². The number of nitrogens with one attached hydrogen (secondary N) is 1. The summed E-state index contributed by atoms with van der Waals surface area (Å²) in [4.78, 5) is 9.83. The molecule has 21 heavy (non-hydrogen) atoms. The lowest BCUT2D eigenvalue weighted by atomic mass is 10.2. The van der Waals surface area contributed by atoms with Crippen LogP contribution < -0.4 is 4.90 Å². The van der Waals surface area contributed by atoms with E-state index in [1.54, 1.807) is 0 Å². The van der Waals surface area contributed by atoms with Crippen molar-refractivity contribution < 1.29 is 0 Å². The quantitative estimate of drug-likeness (QED) is 0.774. The molecule has 0 aliphatic heterocycles. The molecule has 3 nitrogen and oxygen atoms in total. The van der Waals surface area contributed by atoms with E-state index in [1.807, 2.05) is 44.4 Å². The second kappa shape index (κ2) is 5.62. The smallest absolute Gasteiger partial charge is 0.131 e. The first-order valence-corrected chi connectivity index (χ1v) is 7.10. The van der Waals surface area contributed by atoms with Crippen molar-refractivity contribution in [1.29, 1.82) is 0 Å². The van der Waals surface area contributed by atoms with Gasteiger partial charge in [-0.2, -0.15) is 0 Å². The van der Waals surface area contributed by atoms with Gasteiger partial charge in [-0.1, -0.05) is 29.8 Å². The third-order valence-electron chi connectivity index (χ3n) is 3.31. The molecule has 0 radical (unpaired) electrons. The van der Waals surface area contributed by atoms with Crippen molar-refractivity contribution in [1.82, 2.24) is 9.97 Å². The molecule has 3 aromatic rings. The minimum absolute atomic E-state index is 0.709. The Hall–Kier alpha value is -2.26. The molecule has 3 rings (SSSR count). The van der Waals surface area contributed by atoms with Crippen LogP contribution in [0, 0.1) is 0 Å². The standard InChI is InChI=1S/C17H16ClN3/c1-21(2)14-7-3-12(4-8-14)5-10-17-19-15-9-6-13(18)11-16(15)20-17/h3-11H,1-2H3,(H,19,20)/b10-5-. The molecule has 0 aliphatic rings. The van der Waals surface area contributed by atoms with Crippen molar-refractivity contribution in [2.45, 2.75) is 0 Å². The highest BCUT2D eigenvalue weighted by Gasteiger charge is 2.00. The van der Waals surface area contributed by atoms with Gasteiger partial charge in [0.15, 0.2) is 0 Å². The van der Waals surface area contributed by atoms with Crippen molar-refractivity contribution in [3.8, 4) is 0 Å². The van der Waals surface area contributed by atoms with Gasteiger partial charge in [-0.15, -0.1) is 0 Å². The Morgan fingerprint density at radius 3 is 2.52 bits per heavy atom. The number of anilines is 1. The number of fused-ring (bicyclic) bond motifs is 1. The van der Waals surface area contributed by atoms with E-state index in [0.717, 1.165) is 22.4 Å². The number of rotatable bonds is 3. The zero-order valence-electron chi connectivity index (χ0n) is 12.0. The highest BCUT2D eigenvalue weighted by Crippen LogP contribution is 2.18. The van der Waals surface area contributed by atoms with E-state index in [1.165, 1.54) is 5.69 Å². The van der Waals surface area contributed by atoms with Crippen LogP contribution in [-0.2, 0) is 0 Å². The molecule has 106 valence electrons. The minimum atomic E-state index is 0.709. The summed E-state index contributed by atoms with van der Waals surface area (Å²) in [5.74, 6) is 0.823. The summed E-state index contributed by atoms with van der Waals surface area (Å²) in [5, 5.41) is 0.709. The van der Waals surface area contributed by atoms with Gasteiger partial charge in [0.05, 0.1) is 11.0 Å². The normalized spacial score (nSPS) is 11.4. The number of H-pyrrole nitrogens is 1. The summed E-state index contributed by atoms with van der Waals surface area (Å²) < 4.78 is 0. The summed E-state index contributed by atoms with van der Waals surface area (Å²) in [7, 11) is 4.06. The van der Waals surface area contributed by atoms with E-state index < -0.39 is 0 Å². The lowest BCUT2D eigenvalue weighted by Crippen LogP contribution is -2.07. The van der Waals surface area contributed by atoms with Gasteiger partial charge >= 0.3 is 0 Å². The summed E-state index contributed by atoms with van der Waals surface area (Å²) >= 11 is 5.97. The fourth-order valence-corrected chi connectivity index (χ4v) is 2.31. The number of hydrogen-bond donors (Lipinski definition) is 1. The Morgan fingerprint density at radius 2 is 1.81 bits per heavy atom. The lowest BCUT2D eigenvalue weighted by Gasteiger charge is -2.11. The van der Waals surface area contributed by atoms with Crippen LogP contribution in [0.5, 0.6) is 0 Å². The number of hydrogen-bond acceptors (Lipinski definition) is 2. The van der Waals surface area contributed by atoms with Gasteiger partial charge in [0.1, 0.15) is 5.82 Å². The van der Waals surface area contributed by atoms with Gasteiger partial charge in [0, 0.05) is 24.8 Å². The maximum absolute atomic E-state index is 5.97. The SMILES string of the molecule is CN(C)c1ccc(/C=C\c2nc3ccc(Cl)cc3[nH]2)cc1. The molecule has 1 N–H and O–H groups in total. The van der Waals surface area contributed by atoms with E-state index in [-0.39, 0.29) is 0 Å². The van der Waals surface area contributed by atoms with Crippen LogP contribution in [0.15, 0.2) is 42.5 Å². The van der Waals surface area contributed by atoms with Crippen LogP contribution in [0.1, 0.15) is 11.4 Å². The van der Waals surface area contributed by atoms with Gasteiger partial charge in [0.2, 0.25) is 0 Å². The minimum Gasteiger partial charge on any atom is -0.378 e. The fraction of sp³-hybridized carbons (Fsp3) is 0.118. The molecule has 1 heterocycles. The predicted molar refractivity (Wildman–Crippen MR) is 90.8 cm³/mol. The number of benzene rings is 2. The van der Waals surface area contributed by atoms with Crippen LogP contribution in [0.3, 0.4) is 0 Å². The van der Waals surface area contributed by atoms with Crippen LogP contribution in [0.4, 0.5) is 5.69 Å². The molecule has 0 saturated heterocycles. The number of nitrogens with zero attached hydrogens (tertiary/aromatic N) is 2. The van der Waals surface area contributed by atoms with Crippen LogP contribution in [-0.4, -0.2) is 24.1 Å². The molecule has 0 spiro atoms. The molecule has 2 aromatic carbocycles.